The minimum atomic E-state index is -0.524. The smallest absolute Gasteiger partial charge is 0.261 e. The van der Waals surface area contributed by atoms with Crippen LogP contribution in [0.1, 0.15) is 23.2 Å². The summed E-state index contributed by atoms with van der Waals surface area (Å²) in [5, 5.41) is 0.376. The lowest BCUT2D eigenvalue weighted by Gasteiger charge is -2.23. The number of benzene rings is 2. The maximum absolute atomic E-state index is 14.1. The normalized spacial score (nSPS) is 16.8. The van der Waals surface area contributed by atoms with Crippen LogP contribution >= 0.6 is 22.9 Å². The van der Waals surface area contributed by atoms with Crippen molar-refractivity contribution >= 4 is 44.2 Å². The van der Waals surface area contributed by atoms with Crippen LogP contribution in [-0.2, 0) is 4.74 Å². The third kappa shape index (κ3) is 3.67. The number of carbonyl (C=O) groups is 1. The molecular formula is C19H15ClF2N2O2S. The zero-order chi connectivity index (χ0) is 19.0. The summed E-state index contributed by atoms with van der Waals surface area (Å²) in [5.41, 5.74) is 0.378. The van der Waals surface area contributed by atoms with E-state index < -0.39 is 17.5 Å². The Morgan fingerprint density at radius 3 is 2.89 bits per heavy atom. The molecule has 3 aromatic rings. The molecule has 1 unspecified atom stereocenters. The number of rotatable bonds is 4. The maximum Gasteiger partial charge on any atom is 0.261 e. The molecule has 4 rings (SSSR count). The van der Waals surface area contributed by atoms with Crippen LogP contribution < -0.4 is 4.90 Å². The molecule has 1 aliphatic heterocycles. The summed E-state index contributed by atoms with van der Waals surface area (Å²) >= 11 is 7.30. The highest BCUT2D eigenvalue weighted by atomic mass is 35.5. The molecule has 1 fully saturated rings. The molecule has 0 bridgehead atoms. The predicted molar refractivity (Wildman–Crippen MR) is 102 cm³/mol. The van der Waals surface area contributed by atoms with Gasteiger partial charge in [0.1, 0.15) is 17.2 Å². The second-order valence-electron chi connectivity index (χ2n) is 6.26. The Hall–Kier alpha value is -2.09. The molecule has 1 saturated heterocycles. The number of aromatic nitrogens is 1. The van der Waals surface area contributed by atoms with E-state index in [2.05, 4.69) is 4.98 Å². The maximum atomic E-state index is 14.1. The molecule has 2 aromatic carbocycles. The third-order valence-electron chi connectivity index (χ3n) is 4.41. The van der Waals surface area contributed by atoms with Crippen molar-refractivity contribution < 1.29 is 18.3 Å². The number of para-hydroxylation sites is 1. The number of ether oxygens (including phenoxy) is 1. The Kier molecular flexibility index (Phi) is 5.08. The summed E-state index contributed by atoms with van der Waals surface area (Å²) in [6, 6.07) is 8.30. The standard InChI is InChI=1S/C19H15ClF2N2O2S/c20-14-9-11(21)6-7-13(14)18(25)24(10-12-3-2-8-26-12)19-23-17-15(22)4-1-5-16(17)27-19/h1,4-7,9,12H,2-3,8,10H2. The van der Waals surface area contributed by atoms with E-state index in [0.29, 0.717) is 16.4 Å². The number of nitrogens with zero attached hydrogens (tertiary/aromatic N) is 2. The first kappa shape index (κ1) is 18.3. The number of carbonyl (C=O) groups excluding carboxylic acids is 1. The van der Waals surface area contributed by atoms with E-state index in [0.717, 1.165) is 18.9 Å². The second kappa shape index (κ2) is 7.50. The zero-order valence-electron chi connectivity index (χ0n) is 14.1. The van der Waals surface area contributed by atoms with Gasteiger partial charge in [-0.2, -0.15) is 0 Å². The van der Waals surface area contributed by atoms with Gasteiger partial charge in [0.25, 0.3) is 5.91 Å². The van der Waals surface area contributed by atoms with Crippen LogP contribution in [0.15, 0.2) is 36.4 Å². The average molecular weight is 409 g/mol. The molecule has 0 spiro atoms. The number of amides is 1. The quantitative estimate of drug-likeness (QED) is 0.606. The number of fused-ring (bicyclic) bond motifs is 1. The van der Waals surface area contributed by atoms with Crippen molar-refractivity contribution in [1.82, 2.24) is 4.98 Å². The van der Waals surface area contributed by atoms with Crippen LogP contribution in [0.3, 0.4) is 0 Å². The zero-order valence-corrected chi connectivity index (χ0v) is 15.7. The van der Waals surface area contributed by atoms with Crippen LogP contribution in [0, 0.1) is 11.6 Å². The highest BCUT2D eigenvalue weighted by Crippen LogP contribution is 2.33. The minimum absolute atomic E-state index is 0.0182. The summed E-state index contributed by atoms with van der Waals surface area (Å²) in [6.45, 7) is 0.909. The number of hydrogen-bond acceptors (Lipinski definition) is 4. The van der Waals surface area contributed by atoms with Gasteiger partial charge in [0.05, 0.1) is 27.9 Å². The Morgan fingerprint density at radius 1 is 1.33 bits per heavy atom. The number of anilines is 1. The summed E-state index contributed by atoms with van der Waals surface area (Å²) < 4.78 is 33.7. The lowest BCUT2D eigenvalue weighted by atomic mass is 10.1. The third-order valence-corrected chi connectivity index (χ3v) is 5.76. The van der Waals surface area contributed by atoms with Crippen molar-refractivity contribution in [3.05, 3.63) is 58.6 Å². The Labute approximate surface area is 163 Å². The lowest BCUT2D eigenvalue weighted by Crippen LogP contribution is -2.37. The van der Waals surface area contributed by atoms with Gasteiger partial charge < -0.3 is 4.74 Å². The van der Waals surface area contributed by atoms with Gasteiger partial charge in [0, 0.05) is 6.61 Å². The van der Waals surface area contributed by atoms with Crippen LogP contribution in [0.5, 0.6) is 0 Å². The van der Waals surface area contributed by atoms with Gasteiger partial charge in [-0.1, -0.05) is 29.0 Å². The largest absolute Gasteiger partial charge is 0.376 e. The molecule has 0 radical (unpaired) electrons. The molecule has 0 N–H and O–H groups in total. The number of thiazole rings is 1. The average Bonchev–Trinajstić information content (AvgIpc) is 3.29. The lowest BCUT2D eigenvalue weighted by molar-refractivity contribution is 0.0917. The monoisotopic (exact) mass is 408 g/mol. The molecule has 0 aliphatic carbocycles. The highest BCUT2D eigenvalue weighted by Gasteiger charge is 2.28. The Balaban J connectivity index is 1.75. The summed E-state index contributed by atoms with van der Waals surface area (Å²) in [4.78, 5) is 18.9. The molecule has 8 heteroatoms. The van der Waals surface area contributed by atoms with Gasteiger partial charge in [-0.25, -0.2) is 13.8 Å². The molecular weight excluding hydrogens is 394 g/mol. The summed E-state index contributed by atoms with van der Waals surface area (Å²) in [7, 11) is 0. The van der Waals surface area contributed by atoms with E-state index in [4.69, 9.17) is 16.3 Å². The number of halogens is 3. The first-order valence-electron chi connectivity index (χ1n) is 8.46. The fourth-order valence-corrected chi connectivity index (χ4v) is 4.30. The van der Waals surface area contributed by atoms with Crippen LogP contribution in [-0.4, -0.2) is 30.1 Å². The van der Waals surface area contributed by atoms with Gasteiger partial charge in [-0.05, 0) is 43.2 Å². The van der Waals surface area contributed by atoms with Crippen LogP contribution in [0.25, 0.3) is 10.2 Å². The SMILES string of the molecule is O=C(c1ccc(F)cc1Cl)N(CC1CCCO1)c1nc2c(F)cccc2s1. The van der Waals surface area contributed by atoms with E-state index in [-0.39, 0.29) is 28.8 Å². The van der Waals surface area contributed by atoms with Gasteiger partial charge in [-0.3, -0.25) is 9.69 Å². The van der Waals surface area contributed by atoms with Crippen LogP contribution in [0.2, 0.25) is 5.02 Å². The van der Waals surface area contributed by atoms with E-state index >= 15 is 0 Å². The van der Waals surface area contributed by atoms with Gasteiger partial charge >= 0.3 is 0 Å². The van der Waals surface area contributed by atoms with Crippen molar-refractivity contribution in [2.45, 2.75) is 18.9 Å². The molecule has 0 saturated carbocycles. The minimum Gasteiger partial charge on any atom is -0.376 e. The topological polar surface area (TPSA) is 42.4 Å². The van der Waals surface area contributed by atoms with Crippen molar-refractivity contribution in [2.75, 3.05) is 18.1 Å². The molecule has 2 heterocycles. The molecule has 1 aliphatic rings. The van der Waals surface area contributed by atoms with E-state index in [9.17, 15) is 13.6 Å². The van der Waals surface area contributed by atoms with E-state index in [1.807, 2.05) is 0 Å². The van der Waals surface area contributed by atoms with Gasteiger partial charge in [-0.15, -0.1) is 0 Å². The van der Waals surface area contributed by atoms with E-state index in [1.54, 1.807) is 12.1 Å². The van der Waals surface area contributed by atoms with Crippen molar-refractivity contribution in [1.29, 1.82) is 0 Å². The number of hydrogen-bond donors (Lipinski definition) is 0. The Morgan fingerprint density at radius 2 is 2.19 bits per heavy atom. The molecule has 27 heavy (non-hydrogen) atoms. The van der Waals surface area contributed by atoms with Gasteiger partial charge in [0.15, 0.2) is 5.13 Å². The first-order chi connectivity index (χ1) is 13.0. The van der Waals surface area contributed by atoms with Crippen LogP contribution in [0.4, 0.5) is 13.9 Å². The summed E-state index contributed by atoms with van der Waals surface area (Å²) in [5.74, 6) is -1.39. The van der Waals surface area contributed by atoms with E-state index in [1.165, 1.54) is 34.4 Å². The van der Waals surface area contributed by atoms with Crippen molar-refractivity contribution in [3.8, 4) is 0 Å². The molecule has 4 nitrogen and oxygen atoms in total. The first-order valence-corrected chi connectivity index (χ1v) is 9.66. The Bertz CT molecular complexity index is 1000. The van der Waals surface area contributed by atoms with Crippen molar-refractivity contribution in [3.63, 3.8) is 0 Å². The molecule has 1 atom stereocenters. The fraction of sp³-hybridized carbons (Fsp3) is 0.263. The predicted octanol–water partition coefficient (Wildman–Crippen LogP) is 5.05. The molecule has 1 aromatic heterocycles. The molecule has 1 amide bonds. The van der Waals surface area contributed by atoms with Gasteiger partial charge in [0.2, 0.25) is 0 Å². The highest BCUT2D eigenvalue weighted by molar-refractivity contribution is 7.22. The fourth-order valence-electron chi connectivity index (χ4n) is 3.07. The van der Waals surface area contributed by atoms with Crippen molar-refractivity contribution in [2.24, 2.45) is 0 Å². The molecule has 140 valence electrons. The second-order valence-corrected chi connectivity index (χ2v) is 7.67. The summed E-state index contributed by atoms with van der Waals surface area (Å²) in [6.07, 6.45) is 1.60.